The molecule has 1 atom stereocenters. The highest BCUT2D eigenvalue weighted by molar-refractivity contribution is 5.97. The van der Waals surface area contributed by atoms with Gasteiger partial charge >= 0.3 is 0 Å². The maximum absolute atomic E-state index is 12.6. The molecule has 0 bridgehead atoms. The van der Waals surface area contributed by atoms with Crippen LogP contribution in [0.25, 0.3) is 0 Å². The highest BCUT2D eigenvalue weighted by Crippen LogP contribution is 2.25. The Morgan fingerprint density at radius 3 is 2.69 bits per heavy atom. The zero-order valence-electron chi connectivity index (χ0n) is 16.1. The summed E-state index contributed by atoms with van der Waals surface area (Å²) in [5.41, 5.74) is 1.79. The molecule has 148 valence electrons. The van der Waals surface area contributed by atoms with Gasteiger partial charge in [-0.25, -0.2) is 0 Å². The van der Waals surface area contributed by atoms with E-state index in [0.717, 1.165) is 11.3 Å². The first kappa shape index (κ1) is 18.8. The number of nitrogens with one attached hydrogen (secondary N) is 1. The van der Waals surface area contributed by atoms with Crippen molar-refractivity contribution in [2.75, 3.05) is 11.9 Å². The summed E-state index contributed by atoms with van der Waals surface area (Å²) in [6.07, 6.45) is 1.79. The van der Waals surface area contributed by atoms with Gasteiger partial charge in [-0.2, -0.15) is 0 Å². The summed E-state index contributed by atoms with van der Waals surface area (Å²) in [4.78, 5) is 26.4. The van der Waals surface area contributed by atoms with Crippen molar-refractivity contribution in [3.63, 3.8) is 0 Å². The minimum atomic E-state index is -0.374. The number of amides is 2. The van der Waals surface area contributed by atoms with Gasteiger partial charge in [0.2, 0.25) is 11.8 Å². The number of carbonyl (C=O) groups excluding carboxylic acids is 2. The van der Waals surface area contributed by atoms with Gasteiger partial charge in [0.1, 0.15) is 17.3 Å². The van der Waals surface area contributed by atoms with E-state index in [1.165, 1.54) is 0 Å². The van der Waals surface area contributed by atoms with E-state index in [1.54, 1.807) is 41.5 Å². The summed E-state index contributed by atoms with van der Waals surface area (Å²) < 4.78 is 11.1. The van der Waals surface area contributed by atoms with Crippen molar-refractivity contribution in [2.45, 2.75) is 19.9 Å². The first-order valence-electron chi connectivity index (χ1n) is 9.52. The lowest BCUT2D eigenvalue weighted by atomic mass is 10.1. The van der Waals surface area contributed by atoms with Crippen LogP contribution in [0.1, 0.15) is 17.7 Å². The van der Waals surface area contributed by atoms with Crippen LogP contribution in [0.2, 0.25) is 0 Å². The maximum Gasteiger partial charge on any atom is 0.229 e. The fraction of sp³-hybridized carbons (Fsp3) is 0.217. The molecule has 0 saturated carbocycles. The molecule has 0 aliphatic carbocycles. The van der Waals surface area contributed by atoms with Crippen LogP contribution in [0.5, 0.6) is 11.5 Å². The maximum atomic E-state index is 12.6. The largest absolute Gasteiger partial charge is 0.467 e. The molecule has 1 aromatic heterocycles. The van der Waals surface area contributed by atoms with Crippen molar-refractivity contribution in [3.8, 4) is 11.5 Å². The van der Waals surface area contributed by atoms with Crippen molar-refractivity contribution in [1.82, 2.24) is 4.90 Å². The second kappa shape index (κ2) is 8.22. The number of carbonyl (C=O) groups is 2. The Hall–Kier alpha value is -3.54. The molecule has 2 amide bonds. The number of furan rings is 1. The van der Waals surface area contributed by atoms with Crippen LogP contribution in [0.3, 0.4) is 0 Å². The summed E-state index contributed by atoms with van der Waals surface area (Å²) >= 11 is 0. The monoisotopic (exact) mass is 390 g/mol. The van der Waals surface area contributed by atoms with Gasteiger partial charge in [-0.1, -0.05) is 12.1 Å². The van der Waals surface area contributed by atoms with Gasteiger partial charge in [0.05, 0.1) is 18.7 Å². The highest BCUT2D eigenvalue weighted by atomic mass is 16.5. The topological polar surface area (TPSA) is 71.8 Å². The number of hydrogen-bond donors (Lipinski definition) is 1. The third-order valence-corrected chi connectivity index (χ3v) is 4.86. The minimum absolute atomic E-state index is 0.0385. The first-order valence-corrected chi connectivity index (χ1v) is 9.52. The number of hydrogen-bond acceptors (Lipinski definition) is 4. The fourth-order valence-electron chi connectivity index (χ4n) is 3.36. The standard InChI is InChI=1S/C23H22N2O4/c1-16-4-2-5-20(12-16)29-19-9-7-18(8-10-19)24-23(27)17-13-22(26)25(14-17)15-21-6-3-11-28-21/h2-12,17H,13-15H2,1H3,(H,24,27)/t17-/m1/s1. The average molecular weight is 390 g/mol. The van der Waals surface area contributed by atoms with E-state index >= 15 is 0 Å². The Balaban J connectivity index is 1.33. The molecule has 1 saturated heterocycles. The lowest BCUT2D eigenvalue weighted by Gasteiger charge is -2.15. The van der Waals surface area contributed by atoms with Crippen molar-refractivity contribution < 1.29 is 18.7 Å². The predicted octanol–water partition coefficient (Wildman–Crippen LogP) is 4.37. The van der Waals surface area contributed by atoms with Gasteiger partial charge in [0.15, 0.2) is 0 Å². The molecule has 3 aromatic rings. The molecule has 0 spiro atoms. The zero-order valence-corrected chi connectivity index (χ0v) is 16.1. The molecule has 2 aromatic carbocycles. The molecular formula is C23H22N2O4. The number of nitrogens with zero attached hydrogens (tertiary/aromatic N) is 1. The van der Waals surface area contributed by atoms with Gasteiger partial charge in [0.25, 0.3) is 0 Å². The van der Waals surface area contributed by atoms with Crippen LogP contribution in [0.4, 0.5) is 5.69 Å². The second-order valence-corrected chi connectivity index (χ2v) is 7.19. The molecule has 1 aliphatic rings. The molecule has 1 N–H and O–H groups in total. The number of rotatable bonds is 6. The van der Waals surface area contributed by atoms with Gasteiger partial charge < -0.3 is 19.4 Å². The predicted molar refractivity (Wildman–Crippen MR) is 109 cm³/mol. The first-order chi connectivity index (χ1) is 14.1. The number of ether oxygens (including phenoxy) is 1. The number of benzene rings is 2. The third-order valence-electron chi connectivity index (χ3n) is 4.86. The van der Waals surface area contributed by atoms with Gasteiger partial charge in [-0.15, -0.1) is 0 Å². The normalized spacial score (nSPS) is 16.1. The summed E-state index contributed by atoms with van der Waals surface area (Å²) in [6, 6.07) is 18.6. The Morgan fingerprint density at radius 1 is 1.14 bits per heavy atom. The van der Waals surface area contributed by atoms with E-state index in [0.29, 0.717) is 30.3 Å². The smallest absolute Gasteiger partial charge is 0.229 e. The van der Waals surface area contributed by atoms with Gasteiger partial charge in [0, 0.05) is 18.7 Å². The molecule has 2 heterocycles. The van der Waals surface area contributed by atoms with Crippen LogP contribution >= 0.6 is 0 Å². The Kier molecular flexibility index (Phi) is 5.33. The second-order valence-electron chi connectivity index (χ2n) is 7.19. The number of aryl methyl sites for hydroxylation is 1. The quantitative estimate of drug-likeness (QED) is 0.678. The van der Waals surface area contributed by atoms with E-state index < -0.39 is 0 Å². The molecule has 1 aliphatic heterocycles. The Bertz CT molecular complexity index is 996. The van der Waals surface area contributed by atoms with Crippen LogP contribution in [-0.4, -0.2) is 23.3 Å². The van der Waals surface area contributed by atoms with Crippen molar-refractivity contribution >= 4 is 17.5 Å². The van der Waals surface area contributed by atoms with Crippen LogP contribution in [0.15, 0.2) is 71.3 Å². The van der Waals surface area contributed by atoms with Crippen LogP contribution < -0.4 is 10.1 Å². The van der Waals surface area contributed by atoms with Crippen LogP contribution in [-0.2, 0) is 16.1 Å². The van der Waals surface area contributed by atoms with Crippen molar-refractivity contribution in [1.29, 1.82) is 0 Å². The summed E-state index contributed by atoms with van der Waals surface area (Å²) in [7, 11) is 0. The van der Waals surface area contributed by atoms with E-state index in [2.05, 4.69) is 5.32 Å². The number of likely N-dealkylation sites (tertiary alicyclic amines) is 1. The Morgan fingerprint density at radius 2 is 1.97 bits per heavy atom. The van der Waals surface area contributed by atoms with Crippen molar-refractivity contribution in [3.05, 3.63) is 78.3 Å². The van der Waals surface area contributed by atoms with Crippen molar-refractivity contribution in [2.24, 2.45) is 5.92 Å². The molecule has 4 rings (SSSR count). The summed E-state index contributed by atoms with van der Waals surface area (Å²) in [5.74, 6) is 1.59. The molecule has 29 heavy (non-hydrogen) atoms. The summed E-state index contributed by atoms with van der Waals surface area (Å²) in [6.45, 7) is 2.79. The van der Waals surface area contributed by atoms with E-state index in [-0.39, 0.29) is 24.2 Å². The molecule has 0 radical (unpaired) electrons. The highest BCUT2D eigenvalue weighted by Gasteiger charge is 2.34. The SMILES string of the molecule is Cc1cccc(Oc2ccc(NC(=O)[C@@H]3CC(=O)N(Cc4ccco4)C3)cc2)c1. The average Bonchev–Trinajstić information content (AvgIpc) is 3.34. The lowest BCUT2D eigenvalue weighted by molar-refractivity contribution is -0.128. The molecule has 6 heteroatoms. The minimum Gasteiger partial charge on any atom is -0.467 e. The molecule has 6 nitrogen and oxygen atoms in total. The van der Waals surface area contributed by atoms with E-state index in [9.17, 15) is 9.59 Å². The number of anilines is 1. The van der Waals surface area contributed by atoms with Gasteiger partial charge in [-0.3, -0.25) is 9.59 Å². The zero-order chi connectivity index (χ0) is 20.2. The molecule has 0 unspecified atom stereocenters. The lowest BCUT2D eigenvalue weighted by Crippen LogP contribution is -2.27. The van der Waals surface area contributed by atoms with E-state index in [4.69, 9.17) is 9.15 Å². The molecular weight excluding hydrogens is 368 g/mol. The Labute approximate surface area is 169 Å². The van der Waals surface area contributed by atoms with Gasteiger partial charge in [-0.05, 0) is 61.0 Å². The molecule has 1 fully saturated rings. The summed E-state index contributed by atoms with van der Waals surface area (Å²) in [5, 5.41) is 2.89. The van der Waals surface area contributed by atoms with E-state index in [1.807, 2.05) is 37.3 Å². The fourth-order valence-corrected chi connectivity index (χ4v) is 3.36. The van der Waals surface area contributed by atoms with Crippen LogP contribution in [0, 0.1) is 12.8 Å². The third kappa shape index (κ3) is 4.66.